The van der Waals surface area contributed by atoms with Crippen molar-refractivity contribution in [1.29, 1.82) is 0 Å². The highest BCUT2D eigenvalue weighted by Gasteiger charge is 2.28. The van der Waals surface area contributed by atoms with Gasteiger partial charge in [-0.25, -0.2) is 0 Å². The van der Waals surface area contributed by atoms with E-state index in [1.54, 1.807) is 6.07 Å². The number of nitrogens with zero attached hydrogens (tertiary/aromatic N) is 3. The highest BCUT2D eigenvalue weighted by molar-refractivity contribution is 7.18. The normalized spacial score (nSPS) is 14.8. The molecule has 0 atom stereocenters. The molecule has 0 aliphatic carbocycles. The molecule has 0 unspecified atom stereocenters. The summed E-state index contributed by atoms with van der Waals surface area (Å²) >= 11 is 8.93. The predicted molar refractivity (Wildman–Crippen MR) is 112 cm³/mol. The van der Waals surface area contributed by atoms with Crippen LogP contribution in [0.15, 0.2) is 41.8 Å². The molecular formula is C19H17ClN4O2S2. The van der Waals surface area contributed by atoms with Crippen LogP contribution in [0.25, 0.3) is 10.6 Å². The zero-order valence-corrected chi connectivity index (χ0v) is 17.2. The van der Waals surface area contributed by atoms with Gasteiger partial charge in [-0.2, -0.15) is 0 Å². The van der Waals surface area contributed by atoms with Gasteiger partial charge < -0.3 is 10.2 Å². The van der Waals surface area contributed by atoms with Crippen molar-refractivity contribution in [2.24, 2.45) is 5.92 Å². The average Bonchev–Trinajstić information content (AvgIpc) is 3.40. The smallest absolute Gasteiger partial charge is 0.263 e. The van der Waals surface area contributed by atoms with E-state index in [1.165, 1.54) is 22.7 Å². The number of aromatic nitrogens is 2. The van der Waals surface area contributed by atoms with Crippen LogP contribution in [0.2, 0.25) is 5.02 Å². The lowest BCUT2D eigenvalue weighted by molar-refractivity contribution is -0.121. The lowest BCUT2D eigenvalue weighted by Gasteiger charge is -2.30. The molecule has 4 rings (SSSR count). The molecule has 1 saturated heterocycles. The van der Waals surface area contributed by atoms with Crippen LogP contribution in [0.3, 0.4) is 0 Å². The van der Waals surface area contributed by atoms with Crippen LogP contribution >= 0.6 is 34.3 Å². The Hall–Kier alpha value is -2.29. The lowest BCUT2D eigenvalue weighted by Crippen LogP contribution is -2.41. The van der Waals surface area contributed by atoms with E-state index >= 15 is 0 Å². The number of anilines is 1. The third-order valence-corrected chi connectivity index (χ3v) is 6.70. The van der Waals surface area contributed by atoms with Gasteiger partial charge in [-0.15, -0.1) is 21.5 Å². The van der Waals surface area contributed by atoms with Gasteiger partial charge in [0.15, 0.2) is 5.01 Å². The van der Waals surface area contributed by atoms with Gasteiger partial charge in [0.25, 0.3) is 5.91 Å². The molecular weight excluding hydrogens is 416 g/mol. The second kappa shape index (κ2) is 8.38. The van der Waals surface area contributed by atoms with Gasteiger partial charge in [0.2, 0.25) is 11.0 Å². The first kappa shape index (κ1) is 19.0. The summed E-state index contributed by atoms with van der Waals surface area (Å²) in [6, 6.07) is 11.1. The van der Waals surface area contributed by atoms with Crippen molar-refractivity contribution >= 4 is 51.2 Å². The number of hydrogen-bond donors (Lipinski definition) is 1. The van der Waals surface area contributed by atoms with Crippen molar-refractivity contribution in [3.63, 3.8) is 0 Å². The molecule has 0 saturated carbocycles. The topological polar surface area (TPSA) is 75.2 Å². The van der Waals surface area contributed by atoms with Crippen molar-refractivity contribution in [3.05, 3.63) is 51.7 Å². The molecule has 3 heterocycles. The van der Waals surface area contributed by atoms with E-state index < -0.39 is 0 Å². The number of piperidine rings is 1. The van der Waals surface area contributed by atoms with Crippen LogP contribution < -0.4 is 5.32 Å². The van der Waals surface area contributed by atoms with Gasteiger partial charge in [0.05, 0.1) is 9.90 Å². The van der Waals surface area contributed by atoms with E-state index in [0.29, 0.717) is 41.1 Å². The van der Waals surface area contributed by atoms with Crippen molar-refractivity contribution < 1.29 is 9.59 Å². The molecule has 1 aliphatic rings. The van der Waals surface area contributed by atoms with Gasteiger partial charge in [-0.05, 0) is 30.4 Å². The van der Waals surface area contributed by atoms with E-state index in [4.69, 9.17) is 11.6 Å². The Bertz CT molecular complexity index is 982. The third-order valence-electron chi connectivity index (χ3n) is 4.64. The number of amides is 2. The average molecular weight is 433 g/mol. The Labute approximate surface area is 175 Å². The monoisotopic (exact) mass is 432 g/mol. The predicted octanol–water partition coefficient (Wildman–Crippen LogP) is 4.41. The fraction of sp³-hybridized carbons (Fsp3) is 0.263. The van der Waals surface area contributed by atoms with Crippen molar-refractivity contribution in [2.45, 2.75) is 12.8 Å². The number of halogens is 1. The second-order valence-electron chi connectivity index (χ2n) is 6.43. The Balaban J connectivity index is 1.34. The van der Waals surface area contributed by atoms with Gasteiger partial charge >= 0.3 is 0 Å². The molecule has 2 amide bonds. The number of thiophene rings is 1. The Morgan fingerprint density at radius 1 is 1.11 bits per heavy atom. The summed E-state index contributed by atoms with van der Waals surface area (Å²) in [5.41, 5.74) is 0.794. The number of hydrogen-bond acceptors (Lipinski definition) is 6. The summed E-state index contributed by atoms with van der Waals surface area (Å²) in [7, 11) is 0. The summed E-state index contributed by atoms with van der Waals surface area (Å²) < 4.78 is 0. The molecule has 2 aromatic heterocycles. The number of likely N-dealkylation sites (tertiary alicyclic amines) is 1. The molecule has 1 fully saturated rings. The molecule has 1 N–H and O–H groups in total. The van der Waals surface area contributed by atoms with Gasteiger partial charge in [-0.1, -0.05) is 47.2 Å². The molecule has 3 aromatic rings. The Kier molecular flexibility index (Phi) is 5.70. The van der Waals surface area contributed by atoms with E-state index in [2.05, 4.69) is 15.5 Å². The fourth-order valence-corrected chi connectivity index (χ4v) is 4.88. The Morgan fingerprint density at radius 3 is 2.61 bits per heavy atom. The fourth-order valence-electron chi connectivity index (χ4n) is 3.13. The standard InChI is InChI=1S/C19H17ClN4O2S2/c20-14-5-2-1-4-13(14)17-22-23-19(28-17)21-16(25)12-7-9-24(10-8-12)18(26)15-6-3-11-27-15/h1-6,11-12H,7-10H2,(H,21,23,25). The highest BCUT2D eigenvalue weighted by Crippen LogP contribution is 2.32. The number of rotatable bonds is 4. The molecule has 144 valence electrons. The second-order valence-corrected chi connectivity index (χ2v) is 8.76. The number of benzene rings is 1. The largest absolute Gasteiger partial charge is 0.338 e. The summed E-state index contributed by atoms with van der Waals surface area (Å²) in [4.78, 5) is 27.5. The Morgan fingerprint density at radius 2 is 1.89 bits per heavy atom. The van der Waals surface area contributed by atoms with Gasteiger partial charge in [-0.3, -0.25) is 9.59 Å². The van der Waals surface area contributed by atoms with E-state index in [1.807, 2.05) is 40.6 Å². The number of nitrogens with one attached hydrogen (secondary N) is 1. The maximum atomic E-state index is 12.6. The maximum Gasteiger partial charge on any atom is 0.263 e. The van der Waals surface area contributed by atoms with Gasteiger partial charge in [0, 0.05) is 24.6 Å². The molecule has 1 aliphatic heterocycles. The molecule has 1 aromatic carbocycles. The minimum atomic E-state index is -0.139. The summed E-state index contributed by atoms with van der Waals surface area (Å²) in [6.07, 6.45) is 1.28. The minimum absolute atomic E-state index is 0.0439. The summed E-state index contributed by atoms with van der Waals surface area (Å²) in [6.45, 7) is 1.16. The van der Waals surface area contributed by atoms with Crippen LogP contribution in [0.1, 0.15) is 22.5 Å². The maximum absolute atomic E-state index is 12.6. The molecule has 0 spiro atoms. The zero-order valence-electron chi connectivity index (χ0n) is 14.8. The lowest BCUT2D eigenvalue weighted by atomic mass is 9.96. The van der Waals surface area contributed by atoms with Crippen molar-refractivity contribution in [2.75, 3.05) is 18.4 Å². The third kappa shape index (κ3) is 4.09. The van der Waals surface area contributed by atoms with Crippen molar-refractivity contribution in [1.82, 2.24) is 15.1 Å². The molecule has 0 radical (unpaired) electrons. The van der Waals surface area contributed by atoms with Crippen LogP contribution in [-0.2, 0) is 4.79 Å². The SMILES string of the molecule is O=C(Nc1nnc(-c2ccccc2Cl)s1)C1CCN(C(=O)c2cccs2)CC1. The van der Waals surface area contributed by atoms with Gasteiger partial charge in [0.1, 0.15) is 0 Å². The van der Waals surface area contributed by atoms with E-state index in [0.717, 1.165) is 10.4 Å². The number of carbonyl (C=O) groups excluding carboxylic acids is 2. The zero-order chi connectivity index (χ0) is 19.5. The molecule has 6 nitrogen and oxygen atoms in total. The minimum Gasteiger partial charge on any atom is -0.338 e. The molecule has 9 heteroatoms. The van der Waals surface area contributed by atoms with E-state index in [-0.39, 0.29) is 17.7 Å². The number of carbonyl (C=O) groups is 2. The van der Waals surface area contributed by atoms with Crippen molar-refractivity contribution in [3.8, 4) is 10.6 Å². The van der Waals surface area contributed by atoms with E-state index in [9.17, 15) is 9.59 Å². The first-order valence-electron chi connectivity index (χ1n) is 8.84. The molecule has 28 heavy (non-hydrogen) atoms. The van der Waals surface area contributed by atoms with Crippen LogP contribution in [0.5, 0.6) is 0 Å². The highest BCUT2D eigenvalue weighted by atomic mass is 35.5. The van der Waals surface area contributed by atoms with Crippen LogP contribution in [0, 0.1) is 5.92 Å². The first-order chi connectivity index (χ1) is 13.6. The summed E-state index contributed by atoms with van der Waals surface area (Å²) in [5, 5.41) is 14.7. The molecule has 0 bridgehead atoms. The van der Waals surface area contributed by atoms with Crippen LogP contribution in [0.4, 0.5) is 5.13 Å². The quantitative estimate of drug-likeness (QED) is 0.662. The van der Waals surface area contributed by atoms with Crippen LogP contribution in [-0.4, -0.2) is 40.0 Å². The first-order valence-corrected chi connectivity index (χ1v) is 10.9. The summed E-state index contributed by atoms with van der Waals surface area (Å²) in [5.74, 6) is -0.174.